The van der Waals surface area contributed by atoms with Gasteiger partial charge in [-0.2, -0.15) is 0 Å². The van der Waals surface area contributed by atoms with Crippen LogP contribution in [0.5, 0.6) is 0 Å². The maximum absolute atomic E-state index is 6.39. The minimum Gasteiger partial charge on any atom is -0.112 e. The van der Waals surface area contributed by atoms with E-state index in [0.29, 0.717) is 15.1 Å². The van der Waals surface area contributed by atoms with Crippen LogP contribution in [0.15, 0.2) is 42.5 Å². The zero-order valence-corrected chi connectivity index (χ0v) is 11.7. The predicted molar refractivity (Wildman–Crippen MR) is 75.6 cm³/mol. The van der Waals surface area contributed by atoms with Gasteiger partial charge in [-0.1, -0.05) is 53.0 Å². The molecular weight excluding hydrogens is 298 g/mol. The van der Waals surface area contributed by atoms with Gasteiger partial charge in [0.25, 0.3) is 0 Å². The molecule has 0 fully saturated rings. The summed E-state index contributed by atoms with van der Waals surface area (Å²) in [6.45, 7) is 0. The SMILES string of the molecule is Clc1ccc(Cl)c(C(Cl)c2ccccc2Cl)c1. The number of rotatable bonds is 2. The molecule has 0 amide bonds. The van der Waals surface area contributed by atoms with Gasteiger partial charge in [0.1, 0.15) is 0 Å². The second-order valence-corrected chi connectivity index (χ2v) is 5.24. The average Bonchev–Trinajstić information content (AvgIpc) is 2.32. The Kier molecular flexibility index (Phi) is 4.22. The summed E-state index contributed by atoms with van der Waals surface area (Å²) in [5.74, 6) is 0. The Labute approximate surface area is 120 Å². The molecule has 1 atom stereocenters. The van der Waals surface area contributed by atoms with Crippen molar-refractivity contribution in [3.8, 4) is 0 Å². The van der Waals surface area contributed by atoms with Crippen LogP contribution < -0.4 is 0 Å². The molecule has 4 heteroatoms. The second-order valence-electron chi connectivity index (χ2n) is 3.55. The Morgan fingerprint density at radius 3 is 2.12 bits per heavy atom. The van der Waals surface area contributed by atoms with E-state index in [2.05, 4.69) is 0 Å². The minimum absolute atomic E-state index is 0.408. The zero-order chi connectivity index (χ0) is 12.4. The lowest BCUT2D eigenvalue weighted by Crippen LogP contribution is -1.95. The van der Waals surface area contributed by atoms with E-state index in [0.717, 1.165) is 11.1 Å². The standard InChI is InChI=1S/C13H8Cl4/c14-8-5-6-12(16)10(7-8)13(17)9-3-1-2-4-11(9)15/h1-7,13H. The van der Waals surface area contributed by atoms with Crippen molar-refractivity contribution in [3.05, 3.63) is 68.7 Å². The van der Waals surface area contributed by atoms with Gasteiger partial charge < -0.3 is 0 Å². The summed E-state index contributed by atoms with van der Waals surface area (Å²) in [5, 5.41) is 1.38. The summed E-state index contributed by atoms with van der Waals surface area (Å²) >= 11 is 24.5. The maximum atomic E-state index is 6.39. The van der Waals surface area contributed by atoms with Crippen molar-refractivity contribution in [2.45, 2.75) is 5.38 Å². The summed E-state index contributed by atoms with van der Waals surface area (Å²) in [6.07, 6.45) is 0. The summed E-state index contributed by atoms with van der Waals surface area (Å²) in [6, 6.07) is 12.6. The molecule has 0 aliphatic carbocycles. The quantitative estimate of drug-likeness (QED) is 0.599. The van der Waals surface area contributed by atoms with Crippen molar-refractivity contribution in [2.75, 3.05) is 0 Å². The van der Waals surface area contributed by atoms with Crippen LogP contribution >= 0.6 is 46.4 Å². The molecule has 17 heavy (non-hydrogen) atoms. The molecule has 0 bridgehead atoms. The smallest absolute Gasteiger partial charge is 0.0864 e. The topological polar surface area (TPSA) is 0 Å². The molecule has 0 saturated heterocycles. The Hall–Kier alpha value is -0.400. The molecule has 0 N–H and O–H groups in total. The first-order valence-corrected chi connectivity index (χ1v) is 6.50. The van der Waals surface area contributed by atoms with Gasteiger partial charge in [-0.25, -0.2) is 0 Å². The van der Waals surface area contributed by atoms with Crippen LogP contribution in [-0.4, -0.2) is 0 Å². The van der Waals surface area contributed by atoms with Gasteiger partial charge in [0, 0.05) is 15.1 Å². The Morgan fingerprint density at radius 2 is 1.41 bits per heavy atom. The number of hydrogen-bond donors (Lipinski definition) is 0. The largest absolute Gasteiger partial charge is 0.112 e. The number of benzene rings is 2. The van der Waals surface area contributed by atoms with Crippen LogP contribution in [0, 0.1) is 0 Å². The van der Waals surface area contributed by atoms with E-state index in [1.54, 1.807) is 24.3 Å². The van der Waals surface area contributed by atoms with E-state index in [4.69, 9.17) is 46.4 Å². The molecule has 2 rings (SSSR count). The minimum atomic E-state index is -0.408. The molecule has 0 aliphatic heterocycles. The van der Waals surface area contributed by atoms with Crippen LogP contribution in [-0.2, 0) is 0 Å². The van der Waals surface area contributed by atoms with Crippen LogP contribution in [0.25, 0.3) is 0 Å². The number of halogens is 4. The van der Waals surface area contributed by atoms with Crippen molar-refractivity contribution < 1.29 is 0 Å². The summed E-state index contributed by atoms with van der Waals surface area (Å²) in [7, 11) is 0. The van der Waals surface area contributed by atoms with Crippen molar-refractivity contribution in [2.24, 2.45) is 0 Å². The highest BCUT2D eigenvalue weighted by Gasteiger charge is 2.16. The van der Waals surface area contributed by atoms with Crippen molar-refractivity contribution in [1.29, 1.82) is 0 Å². The Morgan fingerprint density at radius 1 is 0.765 bits per heavy atom. The fourth-order valence-electron chi connectivity index (χ4n) is 1.56. The Bertz CT molecular complexity index is 537. The van der Waals surface area contributed by atoms with Crippen molar-refractivity contribution in [3.63, 3.8) is 0 Å². The lowest BCUT2D eigenvalue weighted by atomic mass is 10.0. The van der Waals surface area contributed by atoms with E-state index in [1.165, 1.54) is 0 Å². The molecule has 2 aromatic rings. The average molecular weight is 306 g/mol. The first-order chi connectivity index (χ1) is 8.09. The lowest BCUT2D eigenvalue weighted by Gasteiger charge is -2.13. The van der Waals surface area contributed by atoms with Gasteiger partial charge >= 0.3 is 0 Å². The van der Waals surface area contributed by atoms with Gasteiger partial charge in [0.2, 0.25) is 0 Å². The van der Waals surface area contributed by atoms with Crippen molar-refractivity contribution in [1.82, 2.24) is 0 Å². The molecule has 0 heterocycles. The van der Waals surface area contributed by atoms with Crippen LogP contribution in [0.3, 0.4) is 0 Å². The van der Waals surface area contributed by atoms with Gasteiger partial charge in [-0.3, -0.25) is 0 Å². The van der Waals surface area contributed by atoms with Gasteiger partial charge in [-0.15, -0.1) is 11.6 Å². The summed E-state index contributed by atoms with van der Waals surface area (Å²) in [5.41, 5.74) is 1.58. The lowest BCUT2D eigenvalue weighted by molar-refractivity contribution is 1.14. The third-order valence-corrected chi connectivity index (χ3v) is 3.80. The molecule has 2 aromatic carbocycles. The Balaban J connectivity index is 2.47. The normalized spacial score (nSPS) is 12.5. The maximum Gasteiger partial charge on any atom is 0.0864 e. The number of alkyl halides is 1. The summed E-state index contributed by atoms with van der Waals surface area (Å²) < 4.78 is 0. The highest BCUT2D eigenvalue weighted by Crippen LogP contribution is 2.37. The molecule has 0 aliphatic rings. The molecule has 0 nitrogen and oxygen atoms in total. The van der Waals surface area contributed by atoms with Crippen LogP contribution in [0.2, 0.25) is 15.1 Å². The third kappa shape index (κ3) is 2.89. The third-order valence-electron chi connectivity index (χ3n) is 2.41. The van der Waals surface area contributed by atoms with E-state index in [-0.39, 0.29) is 0 Å². The highest BCUT2D eigenvalue weighted by molar-refractivity contribution is 6.36. The molecule has 88 valence electrons. The van der Waals surface area contributed by atoms with E-state index >= 15 is 0 Å². The highest BCUT2D eigenvalue weighted by atomic mass is 35.5. The number of hydrogen-bond acceptors (Lipinski definition) is 0. The first-order valence-electron chi connectivity index (χ1n) is 4.93. The van der Waals surface area contributed by atoms with E-state index in [9.17, 15) is 0 Å². The van der Waals surface area contributed by atoms with Crippen LogP contribution in [0.4, 0.5) is 0 Å². The van der Waals surface area contributed by atoms with E-state index in [1.807, 2.05) is 18.2 Å². The molecule has 0 aromatic heterocycles. The zero-order valence-electron chi connectivity index (χ0n) is 8.63. The predicted octanol–water partition coefficient (Wildman–Crippen LogP) is 5.98. The van der Waals surface area contributed by atoms with E-state index < -0.39 is 5.38 Å². The first kappa shape index (κ1) is 13.0. The van der Waals surface area contributed by atoms with Gasteiger partial charge in [0.05, 0.1) is 5.38 Å². The van der Waals surface area contributed by atoms with Gasteiger partial charge in [-0.05, 0) is 35.4 Å². The van der Waals surface area contributed by atoms with Crippen molar-refractivity contribution >= 4 is 46.4 Å². The fourth-order valence-corrected chi connectivity index (χ4v) is 2.69. The molecule has 0 saturated carbocycles. The molecule has 0 spiro atoms. The second kappa shape index (κ2) is 5.49. The van der Waals surface area contributed by atoms with Crippen LogP contribution in [0.1, 0.15) is 16.5 Å². The molecular formula is C13H8Cl4. The monoisotopic (exact) mass is 304 g/mol. The summed E-state index contributed by atoms with van der Waals surface area (Å²) in [4.78, 5) is 0. The molecule has 0 radical (unpaired) electrons. The fraction of sp³-hybridized carbons (Fsp3) is 0.0769. The van der Waals surface area contributed by atoms with Gasteiger partial charge in [0.15, 0.2) is 0 Å². The molecule has 1 unspecified atom stereocenters.